The van der Waals surface area contributed by atoms with Gasteiger partial charge >= 0.3 is 0 Å². The SMILES string of the molecule is CCn1cc(-c2cc(C(=O)Nc3cc(Oc4ccccc4OC)cc([N+](=O)[O-])c3)c3ccccc3n2)cn1. The van der Waals surface area contributed by atoms with E-state index in [-0.39, 0.29) is 17.1 Å². The zero-order valence-electron chi connectivity index (χ0n) is 20.6. The third-order valence-electron chi connectivity index (χ3n) is 5.87. The molecule has 0 spiro atoms. The van der Waals surface area contributed by atoms with Crippen LogP contribution in [-0.2, 0) is 6.54 Å². The van der Waals surface area contributed by atoms with Crippen LogP contribution in [-0.4, -0.2) is 32.7 Å². The first kappa shape index (κ1) is 24.4. The van der Waals surface area contributed by atoms with Crippen molar-refractivity contribution in [3.63, 3.8) is 0 Å². The van der Waals surface area contributed by atoms with Gasteiger partial charge in [-0.1, -0.05) is 30.3 Å². The minimum absolute atomic E-state index is 0.172. The van der Waals surface area contributed by atoms with E-state index in [2.05, 4.69) is 10.4 Å². The number of benzene rings is 3. The summed E-state index contributed by atoms with van der Waals surface area (Å²) < 4.78 is 13.0. The number of anilines is 1. The van der Waals surface area contributed by atoms with Crippen molar-refractivity contribution in [2.24, 2.45) is 0 Å². The summed E-state index contributed by atoms with van der Waals surface area (Å²) in [5.74, 6) is 0.569. The number of non-ortho nitro benzene ring substituents is 1. The third kappa shape index (κ3) is 5.00. The summed E-state index contributed by atoms with van der Waals surface area (Å²) in [4.78, 5) is 29.3. The van der Waals surface area contributed by atoms with E-state index < -0.39 is 10.8 Å². The summed E-state index contributed by atoms with van der Waals surface area (Å²) in [7, 11) is 1.50. The average molecular weight is 510 g/mol. The second-order valence-electron chi connectivity index (χ2n) is 8.34. The Kier molecular flexibility index (Phi) is 6.68. The van der Waals surface area contributed by atoms with Gasteiger partial charge in [0.1, 0.15) is 5.75 Å². The molecule has 0 unspecified atom stereocenters. The first-order valence-corrected chi connectivity index (χ1v) is 11.8. The number of nitro benzene ring substituents is 1. The number of ether oxygens (including phenoxy) is 2. The highest BCUT2D eigenvalue weighted by Gasteiger charge is 2.18. The van der Waals surface area contributed by atoms with Crippen LogP contribution >= 0.6 is 0 Å². The van der Waals surface area contributed by atoms with Gasteiger partial charge in [-0.2, -0.15) is 5.10 Å². The van der Waals surface area contributed by atoms with Crippen LogP contribution in [0.2, 0.25) is 0 Å². The summed E-state index contributed by atoms with van der Waals surface area (Å²) >= 11 is 0. The first-order valence-electron chi connectivity index (χ1n) is 11.8. The van der Waals surface area contributed by atoms with E-state index >= 15 is 0 Å². The smallest absolute Gasteiger partial charge is 0.275 e. The largest absolute Gasteiger partial charge is 0.493 e. The van der Waals surface area contributed by atoms with Crippen molar-refractivity contribution in [1.29, 1.82) is 0 Å². The van der Waals surface area contributed by atoms with E-state index in [0.29, 0.717) is 40.2 Å². The number of hydrogen-bond donors (Lipinski definition) is 1. The average Bonchev–Trinajstić information content (AvgIpc) is 3.42. The number of nitrogens with one attached hydrogen (secondary N) is 1. The molecule has 2 aromatic heterocycles. The monoisotopic (exact) mass is 509 g/mol. The highest BCUT2D eigenvalue weighted by molar-refractivity contribution is 6.13. The number of aromatic nitrogens is 3. The number of hydrogen-bond acceptors (Lipinski definition) is 7. The number of nitro groups is 1. The predicted octanol–water partition coefficient (Wildman–Crippen LogP) is 6.08. The molecule has 10 heteroatoms. The second-order valence-corrected chi connectivity index (χ2v) is 8.34. The number of carbonyl (C=O) groups is 1. The van der Waals surface area contributed by atoms with Crippen LogP contribution in [0.5, 0.6) is 17.2 Å². The maximum Gasteiger partial charge on any atom is 0.275 e. The van der Waals surface area contributed by atoms with Crippen molar-refractivity contribution in [2.45, 2.75) is 13.5 Å². The van der Waals surface area contributed by atoms with Crippen molar-refractivity contribution in [2.75, 3.05) is 12.4 Å². The molecular formula is C28H23N5O5. The molecule has 0 bridgehead atoms. The molecule has 5 rings (SSSR count). The number of methoxy groups -OCH3 is 1. The molecule has 10 nitrogen and oxygen atoms in total. The Morgan fingerprint density at radius 2 is 1.82 bits per heavy atom. The third-order valence-corrected chi connectivity index (χ3v) is 5.87. The Balaban J connectivity index is 1.52. The van der Waals surface area contributed by atoms with Gasteiger partial charge in [0.15, 0.2) is 11.5 Å². The number of para-hydroxylation sites is 3. The molecule has 0 radical (unpaired) electrons. The van der Waals surface area contributed by atoms with E-state index in [1.807, 2.05) is 31.3 Å². The van der Waals surface area contributed by atoms with E-state index in [0.717, 1.165) is 5.56 Å². The van der Waals surface area contributed by atoms with Crippen molar-refractivity contribution in [1.82, 2.24) is 14.8 Å². The van der Waals surface area contributed by atoms with Gasteiger partial charge in [-0.25, -0.2) is 4.98 Å². The molecule has 190 valence electrons. The van der Waals surface area contributed by atoms with E-state index in [1.165, 1.54) is 25.3 Å². The molecule has 0 atom stereocenters. The lowest BCUT2D eigenvalue weighted by Gasteiger charge is -2.13. The fourth-order valence-corrected chi connectivity index (χ4v) is 4.03. The summed E-state index contributed by atoms with van der Waals surface area (Å²) in [5.41, 5.74) is 2.34. The maximum atomic E-state index is 13.5. The van der Waals surface area contributed by atoms with Crippen LogP contribution in [0.15, 0.2) is 85.2 Å². The number of rotatable bonds is 8. The summed E-state index contributed by atoms with van der Waals surface area (Å²) in [6.07, 6.45) is 3.56. The van der Waals surface area contributed by atoms with E-state index in [1.54, 1.807) is 47.3 Å². The van der Waals surface area contributed by atoms with Gasteiger partial charge in [-0.3, -0.25) is 19.6 Å². The van der Waals surface area contributed by atoms with Crippen molar-refractivity contribution < 1.29 is 19.2 Å². The van der Waals surface area contributed by atoms with Gasteiger partial charge in [0.05, 0.1) is 46.8 Å². The van der Waals surface area contributed by atoms with Gasteiger partial charge in [0.2, 0.25) is 0 Å². The Morgan fingerprint density at radius 1 is 1.05 bits per heavy atom. The van der Waals surface area contributed by atoms with Crippen LogP contribution in [0.3, 0.4) is 0 Å². The van der Waals surface area contributed by atoms with Crippen LogP contribution in [0.4, 0.5) is 11.4 Å². The van der Waals surface area contributed by atoms with Crippen LogP contribution in [0, 0.1) is 10.1 Å². The maximum absolute atomic E-state index is 13.5. The number of aryl methyl sites for hydroxylation is 1. The number of carbonyl (C=O) groups excluding carboxylic acids is 1. The summed E-state index contributed by atoms with van der Waals surface area (Å²) in [5, 5.41) is 19.4. The molecule has 0 saturated carbocycles. The molecule has 5 aromatic rings. The Morgan fingerprint density at radius 3 is 2.55 bits per heavy atom. The molecule has 38 heavy (non-hydrogen) atoms. The molecule has 0 saturated heterocycles. The van der Waals surface area contributed by atoms with Crippen LogP contribution < -0.4 is 14.8 Å². The molecule has 0 aliphatic heterocycles. The predicted molar refractivity (Wildman–Crippen MR) is 143 cm³/mol. The number of amides is 1. The summed E-state index contributed by atoms with van der Waals surface area (Å²) in [6.45, 7) is 2.68. The normalized spacial score (nSPS) is 10.8. The zero-order valence-corrected chi connectivity index (χ0v) is 20.6. The highest BCUT2D eigenvalue weighted by Crippen LogP contribution is 2.35. The quantitative estimate of drug-likeness (QED) is 0.199. The molecule has 0 aliphatic rings. The Hall–Kier alpha value is -5.25. The molecule has 2 heterocycles. The first-order chi connectivity index (χ1) is 18.4. The van der Waals surface area contributed by atoms with Crippen LogP contribution in [0.1, 0.15) is 17.3 Å². The lowest BCUT2D eigenvalue weighted by Crippen LogP contribution is -2.13. The zero-order chi connectivity index (χ0) is 26.6. The van der Waals surface area contributed by atoms with Gasteiger partial charge in [0.25, 0.3) is 11.6 Å². The highest BCUT2D eigenvalue weighted by atomic mass is 16.6. The van der Waals surface area contributed by atoms with Gasteiger partial charge in [-0.15, -0.1) is 0 Å². The number of nitrogens with zero attached hydrogens (tertiary/aromatic N) is 4. The molecule has 3 aromatic carbocycles. The molecule has 0 aliphatic carbocycles. The van der Waals surface area contributed by atoms with E-state index in [4.69, 9.17) is 14.5 Å². The van der Waals surface area contributed by atoms with Crippen LogP contribution in [0.25, 0.3) is 22.2 Å². The topological polar surface area (TPSA) is 121 Å². The lowest BCUT2D eigenvalue weighted by molar-refractivity contribution is -0.384. The summed E-state index contributed by atoms with van der Waals surface area (Å²) in [6, 6.07) is 20.0. The second kappa shape index (κ2) is 10.4. The van der Waals surface area contributed by atoms with Crippen molar-refractivity contribution >= 4 is 28.2 Å². The Bertz CT molecular complexity index is 1660. The minimum atomic E-state index is -0.546. The fourth-order valence-electron chi connectivity index (χ4n) is 4.03. The molecule has 1 amide bonds. The van der Waals surface area contributed by atoms with Crippen molar-refractivity contribution in [3.05, 3.63) is 101 Å². The number of fused-ring (bicyclic) bond motifs is 1. The molecule has 1 N–H and O–H groups in total. The van der Waals surface area contributed by atoms with E-state index in [9.17, 15) is 14.9 Å². The van der Waals surface area contributed by atoms with Gasteiger partial charge < -0.3 is 14.8 Å². The molecule has 0 fully saturated rings. The lowest BCUT2D eigenvalue weighted by atomic mass is 10.0. The number of pyridine rings is 1. The standard InChI is InChI=1S/C28H23N5O5/c1-3-32-17-18(16-29-32)25-15-23(22-8-4-5-9-24(22)31-25)28(34)30-19-12-20(33(35)36)14-21(13-19)38-27-11-7-6-10-26(27)37-2/h4-17H,3H2,1-2H3,(H,30,34). The fraction of sp³-hybridized carbons (Fsp3) is 0.107. The Labute approximate surface area is 217 Å². The minimum Gasteiger partial charge on any atom is -0.493 e. The van der Waals surface area contributed by atoms with Crippen molar-refractivity contribution in [3.8, 4) is 28.5 Å². The van der Waals surface area contributed by atoms with Gasteiger partial charge in [-0.05, 0) is 31.2 Å². The molecular weight excluding hydrogens is 486 g/mol. The van der Waals surface area contributed by atoms with Gasteiger partial charge in [0, 0.05) is 35.8 Å².